The van der Waals surface area contributed by atoms with Gasteiger partial charge in [0, 0.05) is 6.21 Å². The van der Waals surface area contributed by atoms with Crippen LogP contribution in [-0.2, 0) is 4.79 Å². The SMILES string of the molecule is NC(=O)C1=CCN2N=CC=CC2=N1. The van der Waals surface area contributed by atoms with Crippen molar-refractivity contribution >= 4 is 18.0 Å². The molecule has 0 fully saturated rings. The molecule has 2 aliphatic rings. The highest BCUT2D eigenvalue weighted by atomic mass is 16.1. The summed E-state index contributed by atoms with van der Waals surface area (Å²) in [7, 11) is 0. The number of amidine groups is 1. The molecular formula is C8H8N4O. The predicted octanol–water partition coefficient (Wildman–Crippen LogP) is -0.375. The number of fused-ring (bicyclic) bond motifs is 1. The number of hydrazone groups is 1. The van der Waals surface area contributed by atoms with Crippen LogP contribution in [-0.4, -0.2) is 29.5 Å². The molecule has 2 heterocycles. The van der Waals surface area contributed by atoms with Gasteiger partial charge in [0.05, 0.1) is 6.54 Å². The van der Waals surface area contributed by atoms with Crippen molar-refractivity contribution in [3.8, 4) is 0 Å². The summed E-state index contributed by atoms with van der Waals surface area (Å²) in [5.41, 5.74) is 5.39. The zero-order valence-corrected chi connectivity index (χ0v) is 6.84. The molecule has 0 spiro atoms. The van der Waals surface area contributed by atoms with Gasteiger partial charge in [0.15, 0.2) is 0 Å². The van der Waals surface area contributed by atoms with E-state index in [1.165, 1.54) is 0 Å². The summed E-state index contributed by atoms with van der Waals surface area (Å²) < 4.78 is 0. The first-order valence-corrected chi connectivity index (χ1v) is 3.84. The lowest BCUT2D eigenvalue weighted by molar-refractivity contribution is -0.114. The summed E-state index contributed by atoms with van der Waals surface area (Å²) >= 11 is 0. The van der Waals surface area contributed by atoms with Gasteiger partial charge in [-0.2, -0.15) is 5.10 Å². The third kappa shape index (κ3) is 1.35. The quantitative estimate of drug-likeness (QED) is 0.591. The Labute approximate surface area is 74.9 Å². The highest BCUT2D eigenvalue weighted by molar-refractivity contribution is 6.03. The summed E-state index contributed by atoms with van der Waals surface area (Å²) in [5.74, 6) is 0.147. The Morgan fingerprint density at radius 2 is 2.46 bits per heavy atom. The van der Waals surface area contributed by atoms with Gasteiger partial charge in [-0.15, -0.1) is 0 Å². The third-order valence-electron chi connectivity index (χ3n) is 1.75. The van der Waals surface area contributed by atoms with Crippen LogP contribution in [0.4, 0.5) is 0 Å². The molecule has 2 N–H and O–H groups in total. The summed E-state index contributed by atoms with van der Waals surface area (Å²) in [5, 5.41) is 5.73. The number of nitrogens with zero attached hydrogens (tertiary/aromatic N) is 3. The molecule has 1 amide bonds. The Balaban J connectivity index is 2.30. The second kappa shape index (κ2) is 2.85. The van der Waals surface area contributed by atoms with Crippen LogP contribution in [0, 0.1) is 0 Å². The first-order valence-electron chi connectivity index (χ1n) is 3.84. The average molecular weight is 176 g/mol. The lowest BCUT2D eigenvalue weighted by Gasteiger charge is -2.22. The van der Waals surface area contributed by atoms with E-state index in [1.807, 2.05) is 0 Å². The number of amides is 1. The number of rotatable bonds is 1. The molecular weight excluding hydrogens is 168 g/mol. The van der Waals surface area contributed by atoms with E-state index in [-0.39, 0.29) is 0 Å². The molecule has 13 heavy (non-hydrogen) atoms. The van der Waals surface area contributed by atoms with Gasteiger partial charge in [0.2, 0.25) is 0 Å². The predicted molar refractivity (Wildman–Crippen MR) is 49.1 cm³/mol. The molecule has 2 rings (SSSR count). The summed E-state index contributed by atoms with van der Waals surface area (Å²) in [6, 6.07) is 0. The molecule has 0 unspecified atom stereocenters. The fourth-order valence-corrected chi connectivity index (χ4v) is 1.13. The van der Waals surface area contributed by atoms with Crippen molar-refractivity contribution in [2.45, 2.75) is 0 Å². The normalized spacial score (nSPS) is 19.2. The van der Waals surface area contributed by atoms with Crippen LogP contribution in [0.1, 0.15) is 0 Å². The number of allylic oxidation sites excluding steroid dienone is 1. The first kappa shape index (κ1) is 7.72. The number of carbonyl (C=O) groups is 1. The number of aliphatic imine (C=N–C) groups is 1. The van der Waals surface area contributed by atoms with Crippen molar-refractivity contribution in [1.29, 1.82) is 0 Å². The van der Waals surface area contributed by atoms with Gasteiger partial charge in [-0.1, -0.05) is 0 Å². The van der Waals surface area contributed by atoms with E-state index >= 15 is 0 Å². The van der Waals surface area contributed by atoms with Crippen molar-refractivity contribution in [3.05, 3.63) is 23.9 Å². The molecule has 0 atom stereocenters. The molecule has 5 heteroatoms. The van der Waals surface area contributed by atoms with E-state index in [1.54, 1.807) is 29.5 Å². The smallest absolute Gasteiger partial charge is 0.267 e. The van der Waals surface area contributed by atoms with Crippen LogP contribution in [0.5, 0.6) is 0 Å². The topological polar surface area (TPSA) is 71.1 Å². The maximum absolute atomic E-state index is 10.8. The monoisotopic (exact) mass is 176 g/mol. The van der Waals surface area contributed by atoms with E-state index in [4.69, 9.17) is 5.73 Å². The molecule has 5 nitrogen and oxygen atoms in total. The fraction of sp³-hybridized carbons (Fsp3) is 0.125. The molecule has 66 valence electrons. The van der Waals surface area contributed by atoms with Crippen LogP contribution in [0.15, 0.2) is 34.0 Å². The Kier molecular flexibility index (Phi) is 1.70. The second-order valence-corrected chi connectivity index (χ2v) is 2.63. The van der Waals surface area contributed by atoms with Crippen LogP contribution < -0.4 is 5.73 Å². The maximum Gasteiger partial charge on any atom is 0.267 e. The van der Waals surface area contributed by atoms with E-state index < -0.39 is 5.91 Å². The van der Waals surface area contributed by atoms with Crippen molar-refractivity contribution in [1.82, 2.24) is 5.01 Å². The largest absolute Gasteiger partial charge is 0.364 e. The standard InChI is InChI=1S/C8H8N4O/c9-8(13)6-3-5-12-7(11-6)2-1-4-10-12/h1-4H,5H2,(H2,9,13). The zero-order valence-electron chi connectivity index (χ0n) is 6.84. The fourth-order valence-electron chi connectivity index (χ4n) is 1.13. The zero-order chi connectivity index (χ0) is 9.26. The van der Waals surface area contributed by atoms with Crippen LogP contribution in [0.25, 0.3) is 0 Å². The highest BCUT2D eigenvalue weighted by Crippen LogP contribution is 2.10. The number of hydrogen-bond acceptors (Lipinski definition) is 4. The third-order valence-corrected chi connectivity index (χ3v) is 1.75. The van der Waals surface area contributed by atoms with Crippen molar-refractivity contribution in [2.24, 2.45) is 15.8 Å². The number of hydrogen-bond donors (Lipinski definition) is 1. The van der Waals surface area contributed by atoms with Gasteiger partial charge in [-0.3, -0.25) is 4.79 Å². The van der Waals surface area contributed by atoms with Gasteiger partial charge in [-0.25, -0.2) is 10.0 Å². The minimum Gasteiger partial charge on any atom is -0.364 e. The van der Waals surface area contributed by atoms with Crippen molar-refractivity contribution in [3.63, 3.8) is 0 Å². The lowest BCUT2D eigenvalue weighted by atomic mass is 10.3. The number of carbonyl (C=O) groups excluding carboxylic acids is 1. The van der Waals surface area contributed by atoms with Gasteiger partial charge in [0.1, 0.15) is 11.5 Å². The Morgan fingerprint density at radius 3 is 3.23 bits per heavy atom. The molecule has 0 saturated heterocycles. The Morgan fingerprint density at radius 1 is 1.62 bits per heavy atom. The molecule has 2 aliphatic heterocycles. The molecule has 0 radical (unpaired) electrons. The summed E-state index contributed by atoms with van der Waals surface area (Å²) in [6.07, 6.45) is 6.87. The minimum absolute atomic E-state index is 0.299. The van der Waals surface area contributed by atoms with Crippen molar-refractivity contribution < 1.29 is 4.79 Å². The van der Waals surface area contributed by atoms with E-state index in [9.17, 15) is 4.79 Å². The van der Waals surface area contributed by atoms with Gasteiger partial charge in [-0.05, 0) is 18.2 Å². The summed E-state index contributed by atoms with van der Waals surface area (Å²) in [6.45, 7) is 0.540. The van der Waals surface area contributed by atoms with E-state index in [2.05, 4.69) is 10.1 Å². The molecule has 0 aromatic rings. The number of primary amides is 1. The Bertz CT molecular complexity index is 364. The summed E-state index contributed by atoms with van der Waals surface area (Å²) in [4.78, 5) is 14.8. The van der Waals surface area contributed by atoms with E-state index in [0.717, 1.165) is 0 Å². The molecule has 0 aliphatic carbocycles. The molecule has 0 aromatic carbocycles. The van der Waals surface area contributed by atoms with Crippen molar-refractivity contribution in [2.75, 3.05) is 6.54 Å². The van der Waals surface area contributed by atoms with Gasteiger partial charge < -0.3 is 5.73 Å². The Hall–Kier alpha value is -1.91. The maximum atomic E-state index is 10.8. The number of nitrogens with two attached hydrogens (primary N) is 1. The molecule has 0 aromatic heterocycles. The first-order chi connectivity index (χ1) is 6.27. The second-order valence-electron chi connectivity index (χ2n) is 2.63. The van der Waals surface area contributed by atoms with E-state index in [0.29, 0.717) is 18.1 Å². The average Bonchev–Trinajstić information content (AvgIpc) is 2.17. The molecule has 0 bridgehead atoms. The molecule has 0 saturated carbocycles. The van der Waals surface area contributed by atoms with Crippen LogP contribution >= 0.6 is 0 Å². The van der Waals surface area contributed by atoms with Crippen LogP contribution in [0.3, 0.4) is 0 Å². The lowest BCUT2D eigenvalue weighted by Crippen LogP contribution is -2.31. The van der Waals surface area contributed by atoms with Gasteiger partial charge >= 0.3 is 0 Å². The van der Waals surface area contributed by atoms with Gasteiger partial charge in [0.25, 0.3) is 5.91 Å². The minimum atomic E-state index is -0.505. The van der Waals surface area contributed by atoms with Crippen LogP contribution in [0.2, 0.25) is 0 Å². The highest BCUT2D eigenvalue weighted by Gasteiger charge is 2.16.